The fourth-order valence-corrected chi connectivity index (χ4v) is 2.33. The Balaban J connectivity index is 2.29. The van der Waals surface area contributed by atoms with Gasteiger partial charge in [0.15, 0.2) is 6.10 Å². The molecule has 0 radical (unpaired) electrons. The molecular formula is C12H18N2O4S. The number of carboxylic acids is 1. The molecule has 1 rings (SSSR count). The zero-order valence-corrected chi connectivity index (χ0v) is 11.7. The first-order valence-corrected chi connectivity index (χ1v) is 6.73. The van der Waals surface area contributed by atoms with Gasteiger partial charge in [0, 0.05) is 22.7 Å². The second-order valence-electron chi connectivity index (χ2n) is 4.21. The number of hydrogen-bond acceptors (Lipinski definition) is 4. The van der Waals surface area contributed by atoms with E-state index in [1.807, 2.05) is 26.0 Å². The van der Waals surface area contributed by atoms with Crippen LogP contribution in [-0.4, -0.2) is 34.9 Å². The standard InChI is InChI=1S/C12H18N2O4S/c1-7-3-4-10(19-7)8(2)14-12(18)13-6-5-9(15)11(16)17/h3-4,8-9,15H,5-6H2,1-2H3,(H,16,17)(H2,13,14,18)/t8?,9-/m0/s1. The number of aryl methyl sites for hydroxylation is 1. The first-order chi connectivity index (χ1) is 8.90. The van der Waals surface area contributed by atoms with Gasteiger partial charge in [0.1, 0.15) is 0 Å². The SMILES string of the molecule is Cc1ccc(C(C)NC(=O)NCC[C@H](O)C(=O)O)s1. The number of amides is 2. The predicted octanol–water partition coefficient (Wildman–Crippen LogP) is 1.25. The van der Waals surface area contributed by atoms with Crippen LogP contribution in [0.4, 0.5) is 4.79 Å². The quantitative estimate of drug-likeness (QED) is 0.632. The summed E-state index contributed by atoms with van der Waals surface area (Å²) >= 11 is 1.61. The first kappa shape index (κ1) is 15.5. The molecule has 0 fully saturated rings. The number of thiophene rings is 1. The van der Waals surface area contributed by atoms with Gasteiger partial charge in [-0.2, -0.15) is 0 Å². The van der Waals surface area contributed by atoms with E-state index in [0.29, 0.717) is 0 Å². The fraction of sp³-hybridized carbons (Fsp3) is 0.500. The van der Waals surface area contributed by atoms with Crippen LogP contribution in [0.1, 0.15) is 29.1 Å². The third kappa shape index (κ3) is 5.27. The highest BCUT2D eigenvalue weighted by atomic mass is 32.1. The van der Waals surface area contributed by atoms with Gasteiger partial charge in [-0.25, -0.2) is 9.59 Å². The number of aliphatic hydroxyl groups excluding tert-OH is 1. The lowest BCUT2D eigenvalue weighted by molar-refractivity contribution is -0.146. The highest BCUT2D eigenvalue weighted by molar-refractivity contribution is 7.12. The molecule has 0 aliphatic rings. The van der Waals surface area contributed by atoms with Crippen molar-refractivity contribution in [2.75, 3.05) is 6.54 Å². The average molecular weight is 286 g/mol. The zero-order chi connectivity index (χ0) is 14.4. The molecule has 1 heterocycles. The lowest BCUT2D eigenvalue weighted by atomic mass is 10.2. The Morgan fingerprint density at radius 2 is 2.11 bits per heavy atom. The summed E-state index contributed by atoms with van der Waals surface area (Å²) < 4.78 is 0. The maximum atomic E-state index is 11.5. The van der Waals surface area contributed by atoms with Gasteiger partial charge in [0.2, 0.25) is 0 Å². The molecule has 1 aromatic rings. The molecule has 2 amide bonds. The van der Waals surface area contributed by atoms with Gasteiger partial charge in [-0.15, -0.1) is 11.3 Å². The fourth-order valence-electron chi connectivity index (χ4n) is 1.45. The smallest absolute Gasteiger partial charge is 0.332 e. The topological polar surface area (TPSA) is 98.7 Å². The number of carbonyl (C=O) groups is 2. The van der Waals surface area contributed by atoms with Crippen molar-refractivity contribution in [3.05, 3.63) is 21.9 Å². The molecule has 19 heavy (non-hydrogen) atoms. The van der Waals surface area contributed by atoms with Crippen molar-refractivity contribution in [2.45, 2.75) is 32.4 Å². The molecule has 1 aromatic heterocycles. The lowest BCUT2D eigenvalue weighted by Crippen LogP contribution is -2.38. The first-order valence-electron chi connectivity index (χ1n) is 5.91. The van der Waals surface area contributed by atoms with Crippen molar-refractivity contribution in [2.24, 2.45) is 0 Å². The van der Waals surface area contributed by atoms with Crippen LogP contribution in [0.25, 0.3) is 0 Å². The van der Waals surface area contributed by atoms with Crippen molar-refractivity contribution < 1.29 is 19.8 Å². The highest BCUT2D eigenvalue weighted by Gasteiger charge is 2.14. The number of aliphatic carboxylic acids is 1. The number of hydrogen-bond donors (Lipinski definition) is 4. The minimum absolute atomic E-state index is 0.0186. The second-order valence-corrected chi connectivity index (χ2v) is 5.53. The van der Waals surface area contributed by atoms with Crippen molar-refractivity contribution >= 4 is 23.3 Å². The number of rotatable bonds is 6. The Labute approximate surface area is 115 Å². The average Bonchev–Trinajstić information content (AvgIpc) is 2.75. The van der Waals surface area contributed by atoms with Crippen LogP contribution in [0.15, 0.2) is 12.1 Å². The van der Waals surface area contributed by atoms with E-state index < -0.39 is 12.1 Å². The molecule has 2 atom stereocenters. The third-order valence-electron chi connectivity index (χ3n) is 2.52. The monoisotopic (exact) mass is 286 g/mol. The van der Waals surface area contributed by atoms with Crippen molar-refractivity contribution in [1.29, 1.82) is 0 Å². The molecule has 0 bridgehead atoms. The van der Waals surface area contributed by atoms with E-state index in [0.717, 1.165) is 4.88 Å². The van der Waals surface area contributed by atoms with Crippen LogP contribution < -0.4 is 10.6 Å². The number of nitrogens with one attached hydrogen (secondary N) is 2. The maximum Gasteiger partial charge on any atom is 0.332 e. The van der Waals surface area contributed by atoms with E-state index in [4.69, 9.17) is 10.2 Å². The maximum absolute atomic E-state index is 11.5. The van der Waals surface area contributed by atoms with E-state index in [9.17, 15) is 9.59 Å². The number of carbonyl (C=O) groups excluding carboxylic acids is 1. The van der Waals surface area contributed by atoms with Crippen LogP contribution in [0.5, 0.6) is 0 Å². The Morgan fingerprint density at radius 1 is 1.42 bits per heavy atom. The summed E-state index contributed by atoms with van der Waals surface area (Å²) in [5.41, 5.74) is 0. The van der Waals surface area contributed by atoms with Gasteiger partial charge in [-0.1, -0.05) is 0 Å². The van der Waals surface area contributed by atoms with Crippen LogP contribution in [-0.2, 0) is 4.79 Å². The van der Waals surface area contributed by atoms with E-state index in [2.05, 4.69) is 10.6 Å². The Bertz CT molecular complexity index is 447. The van der Waals surface area contributed by atoms with E-state index in [1.54, 1.807) is 11.3 Å². The molecule has 7 heteroatoms. The second kappa shape index (κ2) is 7.10. The van der Waals surface area contributed by atoms with Gasteiger partial charge in [0.25, 0.3) is 0 Å². The van der Waals surface area contributed by atoms with E-state index in [1.165, 1.54) is 4.88 Å². The van der Waals surface area contributed by atoms with Crippen LogP contribution in [0.3, 0.4) is 0 Å². The molecular weight excluding hydrogens is 268 g/mol. The normalized spacial score (nSPS) is 13.6. The minimum Gasteiger partial charge on any atom is -0.479 e. The molecule has 1 unspecified atom stereocenters. The van der Waals surface area contributed by atoms with Gasteiger partial charge in [-0.05, 0) is 26.0 Å². The molecule has 0 saturated carbocycles. The molecule has 0 aromatic carbocycles. The molecule has 0 aliphatic carbocycles. The highest BCUT2D eigenvalue weighted by Crippen LogP contribution is 2.21. The predicted molar refractivity (Wildman–Crippen MR) is 72.3 cm³/mol. The van der Waals surface area contributed by atoms with E-state index >= 15 is 0 Å². The Kier molecular flexibility index (Phi) is 5.78. The number of carboxylic acid groups (broad SMARTS) is 1. The van der Waals surface area contributed by atoms with Crippen LogP contribution in [0.2, 0.25) is 0 Å². The lowest BCUT2D eigenvalue weighted by Gasteiger charge is -2.13. The van der Waals surface area contributed by atoms with Gasteiger partial charge < -0.3 is 20.8 Å². The molecule has 0 saturated heterocycles. The molecule has 6 nitrogen and oxygen atoms in total. The molecule has 0 aliphatic heterocycles. The Morgan fingerprint density at radius 3 is 2.63 bits per heavy atom. The summed E-state index contributed by atoms with van der Waals surface area (Å²) in [5.74, 6) is -1.29. The summed E-state index contributed by atoms with van der Waals surface area (Å²) in [5, 5.41) is 22.8. The summed E-state index contributed by atoms with van der Waals surface area (Å²) in [7, 11) is 0. The van der Waals surface area contributed by atoms with Gasteiger partial charge in [0.05, 0.1) is 6.04 Å². The summed E-state index contributed by atoms with van der Waals surface area (Å²) in [4.78, 5) is 24.1. The van der Waals surface area contributed by atoms with Crippen LogP contribution in [0, 0.1) is 6.92 Å². The van der Waals surface area contributed by atoms with Crippen molar-refractivity contribution in [3.8, 4) is 0 Å². The van der Waals surface area contributed by atoms with E-state index in [-0.39, 0.29) is 25.0 Å². The third-order valence-corrected chi connectivity index (χ3v) is 3.71. The largest absolute Gasteiger partial charge is 0.479 e. The zero-order valence-electron chi connectivity index (χ0n) is 10.8. The van der Waals surface area contributed by atoms with Crippen molar-refractivity contribution in [3.63, 3.8) is 0 Å². The number of urea groups is 1. The minimum atomic E-state index is -1.45. The Hall–Kier alpha value is -1.60. The molecule has 0 spiro atoms. The summed E-state index contributed by atoms with van der Waals surface area (Å²) in [6, 6.07) is 3.46. The summed E-state index contributed by atoms with van der Waals surface area (Å²) in [6.07, 6.45) is -1.47. The molecule has 106 valence electrons. The van der Waals surface area contributed by atoms with Gasteiger partial charge in [-0.3, -0.25) is 0 Å². The van der Waals surface area contributed by atoms with Crippen LogP contribution >= 0.6 is 11.3 Å². The molecule has 4 N–H and O–H groups in total. The van der Waals surface area contributed by atoms with Gasteiger partial charge >= 0.3 is 12.0 Å². The summed E-state index contributed by atoms with van der Waals surface area (Å²) in [6.45, 7) is 3.97. The number of aliphatic hydroxyl groups is 1. The van der Waals surface area contributed by atoms with Crippen molar-refractivity contribution in [1.82, 2.24) is 10.6 Å².